The molecule has 0 saturated carbocycles. The molecule has 122 valence electrons. The van der Waals surface area contributed by atoms with Crippen LogP contribution in [0.2, 0.25) is 0 Å². The number of rotatable bonds is 5. The molecule has 6 nitrogen and oxygen atoms in total. The number of furan rings is 1. The summed E-state index contributed by atoms with van der Waals surface area (Å²) in [4.78, 5) is 29.5. The van der Waals surface area contributed by atoms with Crippen LogP contribution in [0.3, 0.4) is 0 Å². The molecule has 1 amide bonds. The molecule has 0 aliphatic carbocycles. The Hall–Kier alpha value is -2.15. The summed E-state index contributed by atoms with van der Waals surface area (Å²) in [5, 5.41) is 11.3. The number of carbonyl (C=O) groups excluding carboxylic acids is 1. The fourth-order valence-electron chi connectivity index (χ4n) is 2.87. The first-order chi connectivity index (χ1) is 11.1. The lowest BCUT2D eigenvalue weighted by molar-refractivity contribution is -0.137. The van der Waals surface area contributed by atoms with Crippen molar-refractivity contribution in [3.63, 3.8) is 0 Å². The first-order valence-corrected chi connectivity index (χ1v) is 8.50. The molecule has 23 heavy (non-hydrogen) atoms. The highest BCUT2D eigenvalue weighted by molar-refractivity contribution is 7.13. The Morgan fingerprint density at radius 2 is 2.35 bits per heavy atom. The van der Waals surface area contributed by atoms with Crippen LogP contribution in [0, 0.1) is 5.92 Å². The van der Waals surface area contributed by atoms with Gasteiger partial charge in [-0.3, -0.25) is 9.59 Å². The van der Waals surface area contributed by atoms with Crippen LogP contribution in [0.25, 0.3) is 10.6 Å². The van der Waals surface area contributed by atoms with Gasteiger partial charge in [-0.2, -0.15) is 0 Å². The molecule has 0 bridgehead atoms. The third-order valence-electron chi connectivity index (χ3n) is 4.06. The first-order valence-electron chi connectivity index (χ1n) is 7.62. The number of hydrogen-bond donors (Lipinski definition) is 1. The van der Waals surface area contributed by atoms with Crippen molar-refractivity contribution in [2.45, 2.75) is 25.7 Å². The highest BCUT2D eigenvalue weighted by atomic mass is 32.1. The highest BCUT2D eigenvalue weighted by Crippen LogP contribution is 2.26. The molecule has 2 aromatic heterocycles. The number of aromatic nitrogens is 1. The van der Waals surface area contributed by atoms with Crippen LogP contribution in [-0.2, 0) is 4.79 Å². The van der Waals surface area contributed by atoms with Gasteiger partial charge in [-0.15, -0.1) is 11.3 Å². The monoisotopic (exact) mass is 334 g/mol. The lowest BCUT2D eigenvalue weighted by Gasteiger charge is -2.32. The van der Waals surface area contributed by atoms with Gasteiger partial charge in [0, 0.05) is 30.5 Å². The summed E-state index contributed by atoms with van der Waals surface area (Å²) < 4.78 is 5.04. The zero-order valence-electron chi connectivity index (χ0n) is 12.6. The number of piperidine rings is 1. The van der Waals surface area contributed by atoms with Crippen LogP contribution >= 0.6 is 11.3 Å². The van der Waals surface area contributed by atoms with Gasteiger partial charge in [0.2, 0.25) is 0 Å². The van der Waals surface area contributed by atoms with E-state index in [9.17, 15) is 9.59 Å². The average molecular weight is 334 g/mol. The molecular formula is C16H18N2O4S. The Bertz CT molecular complexity index is 680. The standard InChI is InChI=1S/C16H18N2O4S/c19-14(20)4-3-11-2-1-6-18(8-11)16(21)13-10-23-15(17-13)12-5-7-22-9-12/h5,7,9-11H,1-4,6,8H2,(H,19,20). The molecule has 1 aliphatic rings. The van der Waals surface area contributed by atoms with Crippen LogP contribution in [0.15, 0.2) is 28.4 Å². The van der Waals surface area contributed by atoms with Gasteiger partial charge < -0.3 is 14.4 Å². The van der Waals surface area contributed by atoms with Gasteiger partial charge in [0.15, 0.2) is 0 Å². The van der Waals surface area contributed by atoms with E-state index in [2.05, 4.69) is 4.98 Å². The Balaban J connectivity index is 1.64. The maximum Gasteiger partial charge on any atom is 0.303 e. The van der Waals surface area contributed by atoms with Crippen molar-refractivity contribution >= 4 is 23.2 Å². The topological polar surface area (TPSA) is 83.6 Å². The molecule has 0 spiro atoms. The van der Waals surface area contributed by atoms with Gasteiger partial charge in [0.25, 0.3) is 5.91 Å². The van der Waals surface area contributed by atoms with E-state index in [1.165, 1.54) is 11.3 Å². The van der Waals surface area contributed by atoms with E-state index in [4.69, 9.17) is 9.52 Å². The van der Waals surface area contributed by atoms with Crippen LogP contribution in [0.5, 0.6) is 0 Å². The van der Waals surface area contributed by atoms with E-state index in [-0.39, 0.29) is 18.2 Å². The lowest BCUT2D eigenvalue weighted by Crippen LogP contribution is -2.40. The molecule has 1 fully saturated rings. The summed E-state index contributed by atoms with van der Waals surface area (Å²) in [6.45, 7) is 1.33. The number of amides is 1. The van der Waals surface area contributed by atoms with Crippen molar-refractivity contribution in [3.05, 3.63) is 29.7 Å². The van der Waals surface area contributed by atoms with E-state index >= 15 is 0 Å². The van der Waals surface area contributed by atoms with Gasteiger partial charge in [-0.05, 0) is 31.2 Å². The molecule has 3 rings (SSSR count). The van der Waals surface area contributed by atoms with Crippen molar-refractivity contribution in [3.8, 4) is 10.6 Å². The Labute approximate surface area is 137 Å². The number of carboxylic acid groups (broad SMARTS) is 1. The molecule has 3 heterocycles. The molecule has 1 N–H and O–H groups in total. The van der Waals surface area contributed by atoms with E-state index in [0.717, 1.165) is 23.4 Å². The Kier molecular flexibility index (Phi) is 4.76. The molecule has 1 aliphatic heterocycles. The Morgan fingerprint density at radius 3 is 3.09 bits per heavy atom. The number of aliphatic carboxylic acids is 1. The summed E-state index contributed by atoms with van der Waals surface area (Å²) in [5.41, 5.74) is 1.32. The molecule has 1 atom stereocenters. The first kappa shape index (κ1) is 15.7. The number of carboxylic acids is 1. The summed E-state index contributed by atoms with van der Waals surface area (Å²) >= 11 is 1.42. The Morgan fingerprint density at radius 1 is 1.48 bits per heavy atom. The van der Waals surface area contributed by atoms with E-state index < -0.39 is 5.97 Å². The van der Waals surface area contributed by atoms with Crippen LogP contribution in [0.1, 0.15) is 36.2 Å². The van der Waals surface area contributed by atoms with Crippen LogP contribution in [0.4, 0.5) is 0 Å². The zero-order chi connectivity index (χ0) is 16.2. The van der Waals surface area contributed by atoms with Gasteiger partial charge in [-0.25, -0.2) is 4.98 Å². The molecule has 0 radical (unpaired) electrons. The second kappa shape index (κ2) is 6.95. The minimum Gasteiger partial charge on any atom is -0.481 e. The smallest absolute Gasteiger partial charge is 0.303 e. The molecule has 0 aromatic carbocycles. The number of hydrogen-bond acceptors (Lipinski definition) is 5. The van der Waals surface area contributed by atoms with Gasteiger partial charge in [0.1, 0.15) is 17.0 Å². The maximum atomic E-state index is 12.6. The van der Waals surface area contributed by atoms with E-state index in [1.807, 2.05) is 6.07 Å². The number of carbonyl (C=O) groups is 2. The van der Waals surface area contributed by atoms with Gasteiger partial charge in [-0.1, -0.05) is 0 Å². The number of thiazole rings is 1. The van der Waals surface area contributed by atoms with Gasteiger partial charge in [0.05, 0.1) is 6.26 Å². The second-order valence-electron chi connectivity index (χ2n) is 5.74. The predicted octanol–water partition coefficient (Wildman–Crippen LogP) is 3.12. The summed E-state index contributed by atoms with van der Waals surface area (Å²) in [6, 6.07) is 1.82. The third kappa shape index (κ3) is 3.79. The van der Waals surface area contributed by atoms with E-state index in [1.54, 1.807) is 22.8 Å². The van der Waals surface area contributed by atoms with E-state index in [0.29, 0.717) is 25.2 Å². The minimum atomic E-state index is -0.780. The maximum absolute atomic E-state index is 12.6. The molecule has 7 heteroatoms. The van der Waals surface area contributed by atoms with Crippen LogP contribution < -0.4 is 0 Å². The van der Waals surface area contributed by atoms with Crippen molar-refractivity contribution in [1.29, 1.82) is 0 Å². The largest absolute Gasteiger partial charge is 0.481 e. The fraction of sp³-hybridized carbons (Fsp3) is 0.438. The second-order valence-corrected chi connectivity index (χ2v) is 6.60. The lowest BCUT2D eigenvalue weighted by atomic mass is 9.93. The number of nitrogens with zero attached hydrogens (tertiary/aromatic N) is 2. The zero-order valence-corrected chi connectivity index (χ0v) is 13.4. The normalized spacial score (nSPS) is 18.1. The summed E-state index contributed by atoms with van der Waals surface area (Å²) in [7, 11) is 0. The minimum absolute atomic E-state index is 0.0731. The van der Waals surface area contributed by atoms with Gasteiger partial charge >= 0.3 is 5.97 Å². The van der Waals surface area contributed by atoms with Crippen molar-refractivity contribution in [2.24, 2.45) is 5.92 Å². The third-order valence-corrected chi connectivity index (χ3v) is 4.96. The van der Waals surface area contributed by atoms with Crippen molar-refractivity contribution in [1.82, 2.24) is 9.88 Å². The molecule has 2 aromatic rings. The average Bonchev–Trinajstić information content (AvgIpc) is 3.23. The SMILES string of the molecule is O=C(O)CCC1CCCN(C(=O)c2csc(-c3ccoc3)n2)C1. The fourth-order valence-corrected chi connectivity index (χ4v) is 3.65. The van der Waals surface area contributed by atoms with Crippen molar-refractivity contribution < 1.29 is 19.1 Å². The predicted molar refractivity (Wildman–Crippen MR) is 85.3 cm³/mol. The summed E-state index contributed by atoms with van der Waals surface area (Å²) in [5.74, 6) is -0.593. The number of likely N-dealkylation sites (tertiary alicyclic amines) is 1. The quantitative estimate of drug-likeness (QED) is 0.908. The summed E-state index contributed by atoms with van der Waals surface area (Å²) in [6.07, 6.45) is 5.86. The molecule has 1 unspecified atom stereocenters. The van der Waals surface area contributed by atoms with Crippen molar-refractivity contribution in [2.75, 3.05) is 13.1 Å². The van der Waals surface area contributed by atoms with Crippen LogP contribution in [-0.4, -0.2) is 40.0 Å². The molecule has 1 saturated heterocycles. The highest BCUT2D eigenvalue weighted by Gasteiger charge is 2.26. The molecular weight excluding hydrogens is 316 g/mol.